The van der Waals surface area contributed by atoms with Gasteiger partial charge in [-0.05, 0) is 24.3 Å². The van der Waals surface area contributed by atoms with E-state index in [9.17, 15) is 13.6 Å². The van der Waals surface area contributed by atoms with E-state index >= 15 is 0 Å². The fourth-order valence-electron chi connectivity index (χ4n) is 2.27. The Balaban J connectivity index is 1.73. The van der Waals surface area contributed by atoms with Crippen molar-refractivity contribution < 1.29 is 23.0 Å². The number of nitrogens with one attached hydrogen (secondary N) is 1. The van der Waals surface area contributed by atoms with Gasteiger partial charge in [-0.3, -0.25) is 4.79 Å². The van der Waals surface area contributed by atoms with E-state index < -0.39 is 19.1 Å². The molecule has 6 nitrogen and oxygen atoms in total. The number of benzene rings is 2. The molecule has 2 aromatic carbocycles. The summed E-state index contributed by atoms with van der Waals surface area (Å²) in [5.74, 6) is -0.649. The van der Waals surface area contributed by atoms with E-state index in [1.807, 2.05) is 0 Å². The predicted molar refractivity (Wildman–Crippen MR) is 96.8 cm³/mol. The van der Waals surface area contributed by atoms with Gasteiger partial charge in [-0.25, -0.2) is 9.97 Å². The van der Waals surface area contributed by atoms with E-state index in [1.54, 1.807) is 12.1 Å². The zero-order chi connectivity index (χ0) is 19.4. The van der Waals surface area contributed by atoms with Crippen molar-refractivity contribution in [2.75, 3.05) is 11.9 Å². The average Bonchev–Trinajstić information content (AvgIpc) is 2.61. The molecule has 3 rings (SSSR count). The molecule has 0 saturated heterocycles. The van der Waals surface area contributed by atoms with Gasteiger partial charge in [0, 0.05) is 5.02 Å². The number of halogens is 4. The summed E-state index contributed by atoms with van der Waals surface area (Å²) in [5.41, 5.74) is 0.507. The van der Waals surface area contributed by atoms with Gasteiger partial charge in [-0.2, -0.15) is 8.78 Å². The normalized spacial score (nSPS) is 10.9. The van der Waals surface area contributed by atoms with E-state index in [0.717, 1.165) is 0 Å². The fourth-order valence-corrected chi connectivity index (χ4v) is 2.81. The maximum absolute atomic E-state index is 12.4. The van der Waals surface area contributed by atoms with Crippen molar-refractivity contribution in [2.24, 2.45) is 0 Å². The molecule has 0 unspecified atom stereocenters. The zero-order valence-corrected chi connectivity index (χ0v) is 15.0. The number of carbonyl (C=O) groups excluding carboxylic acids is 1. The van der Waals surface area contributed by atoms with Crippen LogP contribution in [0.2, 0.25) is 10.0 Å². The summed E-state index contributed by atoms with van der Waals surface area (Å²) < 4.78 is 34.6. The molecular formula is C17H11Cl2F2N3O3. The number of fused-ring (bicyclic) bond motifs is 1. The van der Waals surface area contributed by atoms with Gasteiger partial charge in [0.1, 0.15) is 12.1 Å². The van der Waals surface area contributed by atoms with E-state index in [0.29, 0.717) is 20.9 Å². The highest BCUT2D eigenvalue weighted by Gasteiger charge is 2.14. The van der Waals surface area contributed by atoms with Crippen LogP contribution in [0.4, 0.5) is 14.5 Å². The van der Waals surface area contributed by atoms with Crippen LogP contribution < -0.4 is 14.8 Å². The summed E-state index contributed by atoms with van der Waals surface area (Å²) in [5, 5.41) is 3.54. The smallest absolute Gasteiger partial charge is 0.387 e. The molecule has 0 radical (unpaired) electrons. The highest BCUT2D eigenvalue weighted by Crippen LogP contribution is 2.31. The predicted octanol–water partition coefficient (Wildman–Crippen LogP) is 4.56. The van der Waals surface area contributed by atoms with Gasteiger partial charge in [0.25, 0.3) is 5.91 Å². The van der Waals surface area contributed by atoms with Gasteiger partial charge in [0.2, 0.25) is 5.88 Å². The van der Waals surface area contributed by atoms with Crippen molar-refractivity contribution in [2.45, 2.75) is 6.61 Å². The van der Waals surface area contributed by atoms with E-state index in [2.05, 4.69) is 20.0 Å². The Labute approximate surface area is 162 Å². The SMILES string of the molecule is O=C(COc1ncnc2c(Cl)cc(Cl)cc12)Nc1ccccc1OC(F)F. The molecule has 1 N–H and O–H groups in total. The number of anilines is 1. The number of amides is 1. The first-order chi connectivity index (χ1) is 12.9. The second kappa shape index (κ2) is 8.32. The second-order valence-electron chi connectivity index (χ2n) is 5.17. The third-order valence-corrected chi connectivity index (χ3v) is 3.84. The number of ether oxygens (including phenoxy) is 2. The Morgan fingerprint density at radius 2 is 1.96 bits per heavy atom. The van der Waals surface area contributed by atoms with Gasteiger partial charge in [0.15, 0.2) is 6.61 Å². The number of alkyl halides is 2. The molecule has 0 aliphatic heterocycles. The van der Waals surface area contributed by atoms with Crippen LogP contribution in [0.3, 0.4) is 0 Å². The standard InChI is InChI=1S/C17H11Cl2F2N3O3/c18-9-5-10-15(11(19)6-9)22-8-23-16(10)26-7-14(25)24-12-3-1-2-4-13(12)27-17(20)21/h1-6,8,17H,7H2,(H,24,25). The minimum absolute atomic E-state index is 0.0880. The first-order valence-corrected chi connectivity index (χ1v) is 8.26. The molecule has 1 amide bonds. The number of hydrogen-bond acceptors (Lipinski definition) is 5. The Kier molecular flexibility index (Phi) is 5.88. The van der Waals surface area contributed by atoms with Gasteiger partial charge in [-0.15, -0.1) is 0 Å². The minimum Gasteiger partial charge on any atom is -0.467 e. The summed E-state index contributed by atoms with van der Waals surface area (Å²) in [6.45, 7) is -3.44. The van der Waals surface area contributed by atoms with Gasteiger partial charge in [0.05, 0.1) is 21.6 Å². The van der Waals surface area contributed by atoms with Crippen LogP contribution in [-0.4, -0.2) is 29.1 Å². The molecule has 0 bridgehead atoms. The first-order valence-electron chi connectivity index (χ1n) is 7.50. The summed E-state index contributed by atoms with van der Waals surface area (Å²) in [6.07, 6.45) is 1.24. The Morgan fingerprint density at radius 1 is 1.19 bits per heavy atom. The summed E-state index contributed by atoms with van der Waals surface area (Å²) in [6, 6.07) is 8.89. The highest BCUT2D eigenvalue weighted by atomic mass is 35.5. The number of para-hydroxylation sites is 2. The molecule has 0 aliphatic carbocycles. The van der Waals surface area contributed by atoms with Crippen LogP contribution in [0.25, 0.3) is 10.9 Å². The number of aromatic nitrogens is 2. The van der Waals surface area contributed by atoms with Crippen LogP contribution >= 0.6 is 23.2 Å². The van der Waals surface area contributed by atoms with Gasteiger partial charge in [-0.1, -0.05) is 35.3 Å². The van der Waals surface area contributed by atoms with Crippen LogP contribution in [-0.2, 0) is 4.79 Å². The zero-order valence-electron chi connectivity index (χ0n) is 13.5. The lowest BCUT2D eigenvalue weighted by Crippen LogP contribution is -2.21. The molecule has 0 spiro atoms. The molecular weight excluding hydrogens is 403 g/mol. The molecule has 27 heavy (non-hydrogen) atoms. The minimum atomic E-state index is -3.01. The van der Waals surface area contributed by atoms with E-state index in [1.165, 1.54) is 30.6 Å². The topological polar surface area (TPSA) is 73.3 Å². The van der Waals surface area contributed by atoms with Crippen molar-refractivity contribution >= 4 is 45.7 Å². The lowest BCUT2D eigenvalue weighted by atomic mass is 10.2. The molecule has 1 heterocycles. The van der Waals surface area contributed by atoms with Crippen molar-refractivity contribution in [3.05, 3.63) is 52.8 Å². The van der Waals surface area contributed by atoms with Crippen molar-refractivity contribution in [1.29, 1.82) is 0 Å². The van der Waals surface area contributed by atoms with Gasteiger partial charge >= 0.3 is 6.61 Å². The Hall–Kier alpha value is -2.71. The van der Waals surface area contributed by atoms with E-state index in [-0.39, 0.29) is 17.3 Å². The maximum Gasteiger partial charge on any atom is 0.387 e. The van der Waals surface area contributed by atoms with Crippen molar-refractivity contribution in [3.8, 4) is 11.6 Å². The largest absolute Gasteiger partial charge is 0.467 e. The summed E-state index contributed by atoms with van der Waals surface area (Å²) >= 11 is 12.1. The van der Waals surface area contributed by atoms with Crippen LogP contribution in [0, 0.1) is 0 Å². The lowest BCUT2D eigenvalue weighted by Gasteiger charge is -2.12. The number of nitrogens with zero attached hydrogens (tertiary/aromatic N) is 2. The van der Waals surface area contributed by atoms with Crippen LogP contribution in [0.1, 0.15) is 0 Å². The van der Waals surface area contributed by atoms with Crippen molar-refractivity contribution in [3.63, 3.8) is 0 Å². The lowest BCUT2D eigenvalue weighted by molar-refractivity contribution is -0.118. The maximum atomic E-state index is 12.4. The fraction of sp³-hybridized carbons (Fsp3) is 0.118. The Morgan fingerprint density at radius 3 is 2.74 bits per heavy atom. The third kappa shape index (κ3) is 4.72. The highest BCUT2D eigenvalue weighted by molar-refractivity contribution is 6.38. The Bertz CT molecular complexity index is 989. The molecule has 0 aliphatic rings. The third-order valence-electron chi connectivity index (χ3n) is 3.34. The summed E-state index contributed by atoms with van der Waals surface area (Å²) in [7, 11) is 0. The average molecular weight is 414 g/mol. The van der Waals surface area contributed by atoms with Crippen molar-refractivity contribution in [1.82, 2.24) is 9.97 Å². The summed E-state index contributed by atoms with van der Waals surface area (Å²) in [4.78, 5) is 20.1. The van der Waals surface area contributed by atoms with Crippen LogP contribution in [0.15, 0.2) is 42.7 Å². The van der Waals surface area contributed by atoms with Gasteiger partial charge < -0.3 is 14.8 Å². The molecule has 140 valence electrons. The van der Waals surface area contributed by atoms with E-state index in [4.69, 9.17) is 27.9 Å². The molecule has 10 heteroatoms. The number of hydrogen-bond donors (Lipinski definition) is 1. The number of rotatable bonds is 6. The molecule has 0 atom stereocenters. The first kappa shape index (κ1) is 19.1. The molecule has 0 saturated carbocycles. The second-order valence-corrected chi connectivity index (χ2v) is 6.02. The quantitative estimate of drug-likeness (QED) is 0.641. The van der Waals surface area contributed by atoms with Crippen LogP contribution in [0.5, 0.6) is 11.6 Å². The molecule has 1 aromatic heterocycles. The molecule has 3 aromatic rings. The number of carbonyl (C=O) groups is 1. The monoisotopic (exact) mass is 413 g/mol. The molecule has 0 fully saturated rings.